The van der Waals surface area contributed by atoms with Gasteiger partial charge in [-0.05, 0) is 48.6 Å². The second-order valence-electron chi connectivity index (χ2n) is 9.28. The molecule has 5 rings (SSSR count). The second-order valence-corrected chi connectivity index (χ2v) is 12.4. The molecule has 0 bridgehead atoms. The number of thiophene rings is 1. The van der Waals surface area contributed by atoms with E-state index < -0.39 is 34.7 Å². The lowest BCUT2D eigenvalue weighted by molar-refractivity contribution is 0.0636. The minimum absolute atomic E-state index is 0.179. The van der Waals surface area contributed by atoms with E-state index in [0.717, 1.165) is 17.5 Å². The Morgan fingerprint density at radius 2 is 2.10 bits per heavy atom. The van der Waals surface area contributed by atoms with Gasteiger partial charge >= 0.3 is 10.3 Å². The number of benzene rings is 1. The van der Waals surface area contributed by atoms with Gasteiger partial charge in [0.25, 0.3) is 0 Å². The number of nitrogens with zero attached hydrogens (tertiary/aromatic N) is 2. The highest BCUT2D eigenvalue weighted by molar-refractivity contribution is 7.84. The average molecular weight is 595 g/mol. The van der Waals surface area contributed by atoms with Crippen LogP contribution in [0.3, 0.4) is 0 Å². The smallest absolute Gasteiger partial charge is 0.335 e. The summed E-state index contributed by atoms with van der Waals surface area (Å²) in [7, 11) is -2.76. The summed E-state index contributed by atoms with van der Waals surface area (Å²) in [5.41, 5.74) is 2.90. The Morgan fingerprint density at radius 3 is 2.87 bits per heavy atom. The van der Waals surface area contributed by atoms with Crippen molar-refractivity contribution in [3.05, 3.63) is 73.8 Å². The fourth-order valence-electron chi connectivity index (χ4n) is 4.92. The van der Waals surface area contributed by atoms with Gasteiger partial charge in [0, 0.05) is 34.7 Å². The van der Waals surface area contributed by atoms with Gasteiger partial charge in [-0.2, -0.15) is 13.1 Å². The van der Waals surface area contributed by atoms with Crippen molar-refractivity contribution < 1.29 is 32.3 Å². The van der Waals surface area contributed by atoms with Gasteiger partial charge in [-0.25, -0.2) is 9.97 Å². The van der Waals surface area contributed by atoms with Crippen molar-refractivity contribution in [3.63, 3.8) is 0 Å². The van der Waals surface area contributed by atoms with Crippen molar-refractivity contribution in [2.45, 2.75) is 50.2 Å². The van der Waals surface area contributed by atoms with Crippen LogP contribution in [0.5, 0.6) is 0 Å². The van der Waals surface area contributed by atoms with Crippen molar-refractivity contribution in [2.24, 2.45) is 0 Å². The molecule has 11 nitrogen and oxygen atoms in total. The van der Waals surface area contributed by atoms with E-state index in [0.29, 0.717) is 26.9 Å². The first-order valence-electron chi connectivity index (χ1n) is 12.2. The lowest BCUT2D eigenvalue weighted by atomic mass is 9.93. The number of hydrogen-bond acceptors (Lipinski definition) is 11. The summed E-state index contributed by atoms with van der Waals surface area (Å²) < 4.78 is 36.7. The summed E-state index contributed by atoms with van der Waals surface area (Å²) in [4.78, 5) is 22.9. The fourth-order valence-corrected chi connectivity index (χ4v) is 6.73. The first-order valence-corrected chi connectivity index (χ1v) is 14.8. The molecule has 14 heteroatoms. The molecule has 3 aromatic rings. The maximum absolute atomic E-state index is 13.6. The van der Waals surface area contributed by atoms with E-state index in [1.54, 1.807) is 6.07 Å². The van der Waals surface area contributed by atoms with Crippen molar-refractivity contribution in [3.8, 4) is 0 Å². The van der Waals surface area contributed by atoms with Crippen LogP contribution in [0.25, 0.3) is 0 Å². The molecular weight excluding hydrogens is 568 g/mol. The van der Waals surface area contributed by atoms with Crippen LogP contribution < -0.4 is 10.0 Å². The first-order chi connectivity index (χ1) is 18.7. The maximum Gasteiger partial charge on any atom is 0.335 e. The van der Waals surface area contributed by atoms with Crippen molar-refractivity contribution in [1.82, 2.24) is 14.7 Å². The molecule has 0 unspecified atom stereocenters. The highest BCUT2D eigenvalue weighted by Crippen LogP contribution is 2.40. The van der Waals surface area contributed by atoms with Crippen molar-refractivity contribution >= 4 is 44.8 Å². The Morgan fingerprint density at radius 1 is 1.28 bits per heavy atom. The third kappa shape index (κ3) is 6.00. The normalized spacial score (nSPS) is 23.0. The monoisotopic (exact) mass is 594 g/mol. The minimum atomic E-state index is -3.98. The third-order valence-corrected chi connectivity index (χ3v) is 9.18. The number of aliphatic hydroxyl groups excluding tert-OH is 2. The largest absolute Gasteiger partial charge is 0.391 e. The van der Waals surface area contributed by atoms with E-state index in [1.165, 1.54) is 30.9 Å². The van der Waals surface area contributed by atoms with Gasteiger partial charge in [-0.1, -0.05) is 17.7 Å². The third-order valence-electron chi connectivity index (χ3n) is 6.81. The van der Waals surface area contributed by atoms with Gasteiger partial charge in [0.05, 0.1) is 29.8 Å². The number of ketones is 1. The molecule has 2 aliphatic rings. The molecule has 1 aliphatic heterocycles. The summed E-state index contributed by atoms with van der Waals surface area (Å²) in [6, 6.07) is 6.97. The molecule has 0 spiro atoms. The molecule has 1 aliphatic carbocycles. The molecule has 4 N–H and O–H groups in total. The summed E-state index contributed by atoms with van der Waals surface area (Å²) in [6.45, 7) is 0.230. The minimum Gasteiger partial charge on any atom is -0.391 e. The zero-order chi connectivity index (χ0) is 27.7. The van der Waals surface area contributed by atoms with E-state index >= 15 is 0 Å². The number of carbonyl (C=O) groups excluding carboxylic acids is 1. The number of anilines is 1. The lowest BCUT2D eigenvalue weighted by Crippen LogP contribution is -2.31. The van der Waals surface area contributed by atoms with E-state index in [-0.39, 0.29) is 36.6 Å². The summed E-state index contributed by atoms with van der Waals surface area (Å²) in [5, 5.41) is 24.1. The Kier molecular flexibility index (Phi) is 8.31. The quantitative estimate of drug-likeness (QED) is 0.271. The SMILES string of the molecule is CNS(=O)(=O)O[C@@H]1C[C@H](Nc2ncncc2C(=O)c2cc([C@@H]3OCCc4ccc(Cl)cc43)c(CO)s2)C[C@@H]1O. The number of aliphatic hydroxyl groups is 2. The molecule has 2 aromatic heterocycles. The van der Waals surface area contributed by atoms with Gasteiger partial charge in [0.2, 0.25) is 5.78 Å². The van der Waals surface area contributed by atoms with Gasteiger partial charge < -0.3 is 20.3 Å². The summed E-state index contributed by atoms with van der Waals surface area (Å²) in [6.07, 6.45) is 1.37. The predicted octanol–water partition coefficient (Wildman–Crippen LogP) is 2.36. The Balaban J connectivity index is 1.39. The Hall–Kier alpha value is -2.49. The van der Waals surface area contributed by atoms with E-state index in [2.05, 4.69) is 20.0 Å². The van der Waals surface area contributed by atoms with Gasteiger partial charge in [-0.15, -0.1) is 11.3 Å². The highest BCUT2D eigenvalue weighted by Gasteiger charge is 2.37. The molecule has 0 saturated heterocycles. The number of aromatic nitrogens is 2. The van der Waals surface area contributed by atoms with Crippen LogP contribution in [0.15, 0.2) is 36.8 Å². The molecule has 1 saturated carbocycles. The molecule has 0 amide bonds. The van der Waals surface area contributed by atoms with E-state index in [4.69, 9.17) is 20.5 Å². The number of hydrogen-bond donors (Lipinski definition) is 4. The summed E-state index contributed by atoms with van der Waals surface area (Å²) in [5.74, 6) is -0.105. The van der Waals surface area contributed by atoms with Crippen LogP contribution in [-0.2, 0) is 32.3 Å². The van der Waals surface area contributed by atoms with Gasteiger partial charge in [-0.3, -0.25) is 8.98 Å². The second kappa shape index (κ2) is 11.6. The van der Waals surface area contributed by atoms with Gasteiger partial charge in [0.15, 0.2) is 0 Å². The number of halogens is 1. The standard InChI is InChI=1S/C25H27ClN4O7S2/c1-27-39(34,35)37-20-8-15(7-19(20)32)30-25-18(10-28-12-29-25)23(33)21-9-17(22(11-31)38-21)24-16-6-14(26)3-2-13(16)4-5-36-24/h2-3,6,9-10,12,15,19-20,24,27,31-32H,4-5,7-8,11H2,1H3,(H,28,29,30)/t15-,19+,20-,24-/m1/s1. The van der Waals surface area contributed by atoms with Crippen LogP contribution in [0.1, 0.15) is 55.7 Å². The average Bonchev–Trinajstić information content (AvgIpc) is 3.50. The molecule has 4 atom stereocenters. The van der Waals surface area contributed by atoms with Crippen molar-refractivity contribution in [1.29, 1.82) is 0 Å². The van der Waals surface area contributed by atoms with Gasteiger partial charge in [0.1, 0.15) is 24.4 Å². The number of ether oxygens (including phenoxy) is 1. The van der Waals surface area contributed by atoms with Crippen molar-refractivity contribution in [2.75, 3.05) is 19.0 Å². The summed E-state index contributed by atoms with van der Waals surface area (Å²) >= 11 is 7.42. The molecule has 39 heavy (non-hydrogen) atoms. The van der Waals surface area contributed by atoms with E-state index in [1.807, 2.05) is 18.2 Å². The zero-order valence-corrected chi connectivity index (χ0v) is 23.2. The van der Waals surface area contributed by atoms with Crippen LogP contribution in [0.4, 0.5) is 5.82 Å². The van der Waals surface area contributed by atoms with Crippen LogP contribution >= 0.6 is 22.9 Å². The number of rotatable bonds is 9. The predicted molar refractivity (Wildman–Crippen MR) is 144 cm³/mol. The molecule has 3 heterocycles. The van der Waals surface area contributed by atoms with Crippen LogP contribution in [0, 0.1) is 0 Å². The topological polar surface area (TPSA) is 160 Å². The zero-order valence-electron chi connectivity index (χ0n) is 20.8. The molecular formula is C25H27ClN4O7S2. The maximum atomic E-state index is 13.6. The lowest BCUT2D eigenvalue weighted by Gasteiger charge is -2.26. The fraction of sp³-hybridized carbons (Fsp3) is 0.400. The molecule has 0 radical (unpaired) electrons. The Bertz CT molecular complexity index is 1480. The Labute approximate surface area is 234 Å². The number of carbonyl (C=O) groups is 1. The van der Waals surface area contributed by atoms with Crippen LogP contribution in [-0.4, -0.2) is 66.3 Å². The molecule has 1 fully saturated rings. The molecule has 1 aromatic carbocycles. The number of fused-ring (bicyclic) bond motifs is 1. The van der Waals surface area contributed by atoms with Crippen LogP contribution in [0.2, 0.25) is 5.02 Å². The number of nitrogens with one attached hydrogen (secondary N) is 2. The first kappa shape index (κ1) is 28.1. The highest BCUT2D eigenvalue weighted by atomic mass is 35.5. The molecule has 208 valence electrons. The van der Waals surface area contributed by atoms with E-state index in [9.17, 15) is 23.4 Å².